The number of aromatic amines is 2. The highest BCUT2D eigenvalue weighted by atomic mass is 19.1. The van der Waals surface area contributed by atoms with Crippen LogP contribution < -0.4 is 21.3 Å². The zero-order valence-electron chi connectivity index (χ0n) is 33.8. The van der Waals surface area contributed by atoms with Crippen molar-refractivity contribution in [3.8, 4) is 11.4 Å². The number of benzene rings is 2. The number of β-amino-alcohol motifs (C(OH)–C–C–N with tert-alkyl or cyclic N) is 2. The first-order valence-electron chi connectivity index (χ1n) is 20.2. The number of rotatable bonds is 16. The molecule has 4 aromatic rings. The molecule has 6 rings (SSSR count). The lowest BCUT2D eigenvalue weighted by Gasteiger charge is -2.29. The number of fused-ring (bicyclic) bond motifs is 2. The molecule has 2 aromatic carbocycles. The number of likely N-dealkylation sites (tertiary alicyclic amines) is 2. The summed E-state index contributed by atoms with van der Waals surface area (Å²) < 4.78 is 29.5. The number of aliphatic hydroxyl groups excluding tert-OH is 2. The van der Waals surface area contributed by atoms with E-state index in [4.69, 9.17) is 0 Å². The van der Waals surface area contributed by atoms with Gasteiger partial charge in [-0.05, 0) is 114 Å². The van der Waals surface area contributed by atoms with Gasteiger partial charge in [0, 0.05) is 59.9 Å². The van der Waals surface area contributed by atoms with Crippen molar-refractivity contribution in [1.29, 1.82) is 0 Å². The molecule has 4 heterocycles. The Morgan fingerprint density at radius 1 is 0.793 bits per heavy atom. The maximum absolute atomic E-state index is 14.8. The summed E-state index contributed by atoms with van der Waals surface area (Å²) >= 11 is 0. The Morgan fingerprint density at radius 2 is 1.29 bits per heavy atom. The summed E-state index contributed by atoms with van der Waals surface area (Å²) in [4.78, 5) is 62.7. The summed E-state index contributed by atoms with van der Waals surface area (Å²) in [5, 5.41) is 34.6. The minimum Gasteiger partial charge on any atom is -0.391 e. The molecule has 0 bridgehead atoms. The summed E-state index contributed by atoms with van der Waals surface area (Å²) in [6.45, 7) is 5.81. The molecule has 5 unspecified atom stereocenters. The standard InChI is InChI=1S/C42H56F2N8O6/c1-6-34(50-41(57)23(3)46-5)42(58)52-21-29(54)17-27(52)19-33-31-12-10-25(44)15-36(31)49-39(33)38-32(30-11-9-24(43)14-35(30)48-38)18-26-16-28(53)20-51(26)37(55)8-7-13-47-40(56)22(2)45-4/h9-12,14-15,22-23,26-29,34,45-46,48-49,53-54H,6-8,13,16-21H2,1-5H3,(H,47,56)(H,50,57)/t22-,23?,26?,27?,28-,29?,34?/m0/s1. The summed E-state index contributed by atoms with van der Waals surface area (Å²) in [5.41, 5.74) is 3.71. The van der Waals surface area contributed by atoms with Crippen molar-refractivity contribution in [3.63, 3.8) is 0 Å². The number of carbonyl (C=O) groups is 4. The molecule has 58 heavy (non-hydrogen) atoms. The third-order valence-electron chi connectivity index (χ3n) is 11.8. The van der Waals surface area contributed by atoms with E-state index < -0.39 is 48.0 Å². The van der Waals surface area contributed by atoms with Crippen molar-refractivity contribution in [2.24, 2.45) is 0 Å². The molecule has 0 radical (unpaired) electrons. The Labute approximate surface area is 336 Å². The van der Waals surface area contributed by atoms with E-state index in [1.165, 1.54) is 24.3 Å². The highest BCUT2D eigenvalue weighted by Gasteiger charge is 2.39. The fraction of sp³-hybridized carbons (Fsp3) is 0.524. The Bertz CT molecular complexity index is 2140. The summed E-state index contributed by atoms with van der Waals surface area (Å²) in [5.74, 6) is -1.86. The van der Waals surface area contributed by atoms with Gasteiger partial charge in [0.05, 0.1) is 35.7 Å². The van der Waals surface area contributed by atoms with Crippen molar-refractivity contribution in [3.05, 3.63) is 59.2 Å². The van der Waals surface area contributed by atoms with Gasteiger partial charge in [-0.25, -0.2) is 8.78 Å². The lowest BCUT2D eigenvalue weighted by molar-refractivity contribution is -0.137. The molecule has 2 aromatic heterocycles. The van der Waals surface area contributed by atoms with Crippen LogP contribution in [0.4, 0.5) is 8.78 Å². The fourth-order valence-electron chi connectivity index (χ4n) is 8.37. The molecule has 8 N–H and O–H groups in total. The molecule has 2 aliphatic rings. The topological polar surface area (TPSA) is 195 Å². The van der Waals surface area contributed by atoms with E-state index in [0.717, 1.165) is 11.1 Å². The average molecular weight is 807 g/mol. The van der Waals surface area contributed by atoms with E-state index in [2.05, 4.69) is 31.2 Å². The molecule has 14 nitrogen and oxygen atoms in total. The van der Waals surface area contributed by atoms with E-state index in [-0.39, 0.29) is 62.0 Å². The number of H-pyrrole nitrogens is 2. The summed E-state index contributed by atoms with van der Waals surface area (Å²) in [6, 6.07) is 6.28. The van der Waals surface area contributed by atoms with Gasteiger partial charge in [-0.15, -0.1) is 0 Å². The van der Waals surface area contributed by atoms with E-state index in [0.29, 0.717) is 65.4 Å². The first-order valence-corrected chi connectivity index (χ1v) is 20.2. The van der Waals surface area contributed by atoms with Crippen LogP contribution in [0.15, 0.2) is 36.4 Å². The number of amides is 4. The van der Waals surface area contributed by atoms with Gasteiger partial charge in [0.2, 0.25) is 23.6 Å². The fourth-order valence-corrected chi connectivity index (χ4v) is 8.37. The molecule has 7 atom stereocenters. The molecular formula is C42H56F2N8O6. The van der Waals surface area contributed by atoms with Crippen LogP contribution in [0.3, 0.4) is 0 Å². The van der Waals surface area contributed by atoms with Crippen LogP contribution in [0.25, 0.3) is 33.2 Å². The number of aliphatic hydroxyl groups is 2. The number of nitrogens with zero attached hydrogens (tertiary/aromatic N) is 2. The largest absolute Gasteiger partial charge is 0.391 e. The highest BCUT2D eigenvalue weighted by Crippen LogP contribution is 2.40. The quantitative estimate of drug-likeness (QED) is 0.0792. The van der Waals surface area contributed by atoms with Crippen molar-refractivity contribution in [2.45, 2.75) is 108 Å². The van der Waals surface area contributed by atoms with E-state index >= 15 is 0 Å². The molecular weight excluding hydrogens is 751 g/mol. The first-order chi connectivity index (χ1) is 27.7. The lowest BCUT2D eigenvalue weighted by atomic mass is 9.94. The maximum Gasteiger partial charge on any atom is 0.245 e. The number of nitrogens with one attached hydrogen (secondary N) is 6. The van der Waals surface area contributed by atoms with Gasteiger partial charge >= 0.3 is 0 Å². The number of hydrogen-bond donors (Lipinski definition) is 8. The van der Waals surface area contributed by atoms with Gasteiger partial charge in [-0.1, -0.05) is 6.92 Å². The van der Waals surface area contributed by atoms with Gasteiger partial charge < -0.3 is 51.2 Å². The zero-order valence-corrected chi connectivity index (χ0v) is 33.8. The van der Waals surface area contributed by atoms with E-state index in [1.807, 2.05) is 6.92 Å². The SMILES string of the molecule is CCC(NC(=O)C(C)NC)C(=O)N1CC(O)CC1Cc1c(-c2[nH]c3cc(F)ccc3c2CC2C[C@H](O)CN2C(=O)CCCNC(=O)[C@H](C)NC)[nH]c2cc(F)ccc12. The van der Waals surface area contributed by atoms with Gasteiger partial charge in [0.1, 0.15) is 17.7 Å². The Kier molecular flexibility index (Phi) is 13.5. The van der Waals surface area contributed by atoms with Crippen molar-refractivity contribution >= 4 is 45.4 Å². The van der Waals surface area contributed by atoms with Crippen LogP contribution >= 0.6 is 0 Å². The molecule has 2 saturated heterocycles. The second-order valence-corrected chi connectivity index (χ2v) is 15.8. The van der Waals surface area contributed by atoms with Gasteiger partial charge in [-0.2, -0.15) is 0 Å². The van der Waals surface area contributed by atoms with Crippen molar-refractivity contribution in [1.82, 2.24) is 41.0 Å². The zero-order chi connectivity index (χ0) is 41.8. The van der Waals surface area contributed by atoms with Crippen molar-refractivity contribution in [2.75, 3.05) is 33.7 Å². The maximum atomic E-state index is 14.8. The average Bonchev–Trinajstić information content (AvgIpc) is 3.96. The van der Waals surface area contributed by atoms with Gasteiger partial charge in [0.25, 0.3) is 0 Å². The molecule has 0 spiro atoms. The van der Waals surface area contributed by atoms with Crippen molar-refractivity contribution < 1.29 is 38.2 Å². The molecule has 2 aliphatic heterocycles. The molecule has 314 valence electrons. The van der Waals surface area contributed by atoms with Gasteiger partial charge in [-0.3, -0.25) is 19.2 Å². The molecule has 16 heteroatoms. The normalized spacial score (nSPS) is 21.1. The first kappa shape index (κ1) is 42.7. The van der Waals surface area contributed by atoms with Crippen LogP contribution in [0.2, 0.25) is 0 Å². The van der Waals surface area contributed by atoms with Gasteiger partial charge in [0.15, 0.2) is 0 Å². The molecule has 0 aliphatic carbocycles. The van der Waals surface area contributed by atoms with E-state index in [9.17, 15) is 38.2 Å². The second-order valence-electron chi connectivity index (χ2n) is 15.8. The number of carbonyl (C=O) groups excluding carboxylic acids is 4. The molecule has 2 fully saturated rings. The Hall–Kier alpha value is -4.90. The van der Waals surface area contributed by atoms with Crippen LogP contribution in [0.1, 0.15) is 64.0 Å². The smallest absolute Gasteiger partial charge is 0.245 e. The summed E-state index contributed by atoms with van der Waals surface area (Å²) in [7, 11) is 3.35. The predicted octanol–water partition coefficient (Wildman–Crippen LogP) is 2.61. The molecule has 0 saturated carbocycles. The number of hydrogen-bond acceptors (Lipinski definition) is 8. The van der Waals surface area contributed by atoms with E-state index in [1.54, 1.807) is 49.9 Å². The number of halogens is 2. The van der Waals surface area contributed by atoms with Crippen LogP contribution in [0, 0.1) is 11.6 Å². The minimum atomic E-state index is -0.809. The number of aromatic nitrogens is 2. The lowest BCUT2D eigenvalue weighted by Crippen LogP contribution is -2.53. The second kappa shape index (κ2) is 18.4. The third kappa shape index (κ3) is 9.20. The third-order valence-corrected chi connectivity index (χ3v) is 11.8. The number of likely N-dealkylation sites (N-methyl/N-ethyl adjacent to an activating group) is 2. The van der Waals surface area contributed by atoms with Crippen LogP contribution in [-0.4, -0.2) is 130 Å². The van der Waals surface area contributed by atoms with Crippen LogP contribution in [0.5, 0.6) is 0 Å². The highest BCUT2D eigenvalue weighted by molar-refractivity contribution is 5.96. The molecule has 4 amide bonds. The monoisotopic (exact) mass is 806 g/mol. The Balaban J connectivity index is 1.34. The summed E-state index contributed by atoms with van der Waals surface area (Å²) in [6.07, 6.45) is 0.535. The predicted molar refractivity (Wildman–Crippen MR) is 217 cm³/mol. The van der Waals surface area contributed by atoms with Crippen LogP contribution in [-0.2, 0) is 32.0 Å². The Morgan fingerprint density at radius 3 is 1.81 bits per heavy atom. The minimum absolute atomic E-state index is 0.0794.